The van der Waals surface area contributed by atoms with E-state index in [2.05, 4.69) is 22.0 Å². The third kappa shape index (κ3) is 4.54. The number of hydrogen-bond donors (Lipinski definition) is 1. The molecular formula is C15H15BrO5S. The number of fused-ring (bicyclic) bond motifs is 1. The van der Waals surface area contributed by atoms with E-state index in [-0.39, 0.29) is 4.90 Å². The molecule has 1 aliphatic rings. The third-order valence-corrected chi connectivity index (χ3v) is 4.50. The number of halogens is 1. The highest BCUT2D eigenvalue weighted by atomic mass is 79.9. The predicted molar refractivity (Wildman–Crippen MR) is 85.4 cm³/mol. The Bertz CT molecular complexity index is 733. The maximum atomic E-state index is 10.7. The van der Waals surface area contributed by atoms with Crippen molar-refractivity contribution in [1.29, 1.82) is 0 Å². The van der Waals surface area contributed by atoms with Gasteiger partial charge in [-0.05, 0) is 36.8 Å². The van der Waals surface area contributed by atoms with Crippen molar-refractivity contribution in [1.82, 2.24) is 0 Å². The summed E-state index contributed by atoms with van der Waals surface area (Å²) in [6.45, 7) is 2.28. The van der Waals surface area contributed by atoms with E-state index in [0.29, 0.717) is 12.2 Å². The van der Waals surface area contributed by atoms with Gasteiger partial charge in [-0.25, -0.2) is 0 Å². The summed E-state index contributed by atoms with van der Waals surface area (Å²) in [6.07, 6.45) is 0.955. The van der Waals surface area contributed by atoms with Crippen molar-refractivity contribution in [3.8, 4) is 5.75 Å². The van der Waals surface area contributed by atoms with E-state index in [1.807, 2.05) is 18.2 Å². The van der Waals surface area contributed by atoms with E-state index >= 15 is 0 Å². The standard InChI is InChI=1S/C8H8O2.C7H7BrO3S/c1-2-4-8-7(3-1)5-6-9-10-8;1-5-4-6(8)2-3-7(5)12(9,10)11/h1-4H,5-6H2;2-4H,1H3,(H,9,10,11). The molecular weight excluding hydrogens is 372 g/mol. The molecule has 1 heterocycles. The molecule has 0 saturated heterocycles. The van der Waals surface area contributed by atoms with E-state index in [4.69, 9.17) is 14.3 Å². The highest BCUT2D eigenvalue weighted by Crippen LogP contribution is 2.22. The predicted octanol–water partition coefficient (Wildman–Crippen LogP) is 3.56. The molecule has 2 aromatic rings. The zero-order valence-corrected chi connectivity index (χ0v) is 14.2. The zero-order valence-electron chi connectivity index (χ0n) is 11.8. The normalized spacial score (nSPS) is 13.4. The molecule has 7 heteroatoms. The molecule has 0 unspecified atom stereocenters. The van der Waals surface area contributed by atoms with E-state index in [9.17, 15) is 8.42 Å². The third-order valence-electron chi connectivity index (χ3n) is 2.99. The number of hydrogen-bond acceptors (Lipinski definition) is 4. The van der Waals surface area contributed by atoms with Gasteiger partial charge in [-0.15, -0.1) is 0 Å². The minimum atomic E-state index is -4.07. The van der Waals surface area contributed by atoms with Crippen molar-refractivity contribution in [2.45, 2.75) is 18.2 Å². The first kappa shape index (κ1) is 17.0. The van der Waals surface area contributed by atoms with Crippen LogP contribution in [0.1, 0.15) is 11.1 Å². The molecule has 0 saturated carbocycles. The van der Waals surface area contributed by atoms with Crippen LogP contribution in [0.15, 0.2) is 51.8 Å². The highest BCUT2D eigenvalue weighted by molar-refractivity contribution is 9.10. The van der Waals surface area contributed by atoms with Gasteiger partial charge >= 0.3 is 0 Å². The van der Waals surface area contributed by atoms with Gasteiger partial charge in [0.1, 0.15) is 0 Å². The van der Waals surface area contributed by atoms with Crippen LogP contribution in [0, 0.1) is 6.92 Å². The second kappa shape index (κ2) is 7.23. The Hall–Kier alpha value is -1.41. The number of benzene rings is 2. The Morgan fingerprint density at radius 3 is 2.55 bits per heavy atom. The monoisotopic (exact) mass is 386 g/mol. The SMILES string of the molecule is Cc1cc(Br)ccc1S(=O)(=O)O.c1ccc2c(c1)CCOO2. The van der Waals surface area contributed by atoms with Crippen LogP contribution in [-0.4, -0.2) is 19.6 Å². The van der Waals surface area contributed by atoms with Gasteiger partial charge in [0, 0.05) is 16.5 Å². The fraction of sp³-hybridized carbons (Fsp3) is 0.200. The maximum Gasteiger partial charge on any atom is 0.294 e. The molecule has 0 amide bonds. The number of aryl methyl sites for hydroxylation is 1. The van der Waals surface area contributed by atoms with E-state index < -0.39 is 10.1 Å². The summed E-state index contributed by atoms with van der Waals surface area (Å²) < 4.78 is 30.9. The summed E-state index contributed by atoms with van der Waals surface area (Å²) in [4.78, 5) is 9.67. The molecule has 0 aromatic heterocycles. The van der Waals surface area contributed by atoms with Crippen molar-refractivity contribution in [3.05, 3.63) is 58.1 Å². The van der Waals surface area contributed by atoms with Crippen molar-refractivity contribution < 1.29 is 22.7 Å². The molecule has 0 aliphatic carbocycles. The lowest BCUT2D eigenvalue weighted by atomic mass is 10.1. The lowest BCUT2D eigenvalue weighted by Gasteiger charge is -2.14. The molecule has 118 valence electrons. The fourth-order valence-electron chi connectivity index (χ4n) is 1.95. The Kier molecular flexibility index (Phi) is 5.57. The summed E-state index contributed by atoms with van der Waals surface area (Å²) in [5.41, 5.74) is 1.75. The molecule has 0 bridgehead atoms. The Balaban J connectivity index is 0.000000162. The lowest BCUT2D eigenvalue weighted by molar-refractivity contribution is -0.215. The number of para-hydroxylation sites is 1. The number of rotatable bonds is 1. The van der Waals surface area contributed by atoms with Gasteiger partial charge in [0.05, 0.1) is 11.5 Å². The van der Waals surface area contributed by atoms with Crippen LogP contribution >= 0.6 is 15.9 Å². The van der Waals surface area contributed by atoms with Crippen molar-refractivity contribution >= 4 is 26.0 Å². The van der Waals surface area contributed by atoms with Crippen molar-refractivity contribution in [2.24, 2.45) is 0 Å². The maximum absolute atomic E-state index is 10.7. The van der Waals surface area contributed by atoms with Crippen LogP contribution in [0.2, 0.25) is 0 Å². The van der Waals surface area contributed by atoms with Crippen LogP contribution in [0.5, 0.6) is 5.75 Å². The summed E-state index contributed by atoms with van der Waals surface area (Å²) in [5.74, 6) is 0.855. The molecule has 2 aromatic carbocycles. The van der Waals surface area contributed by atoms with E-state index in [0.717, 1.165) is 16.6 Å². The van der Waals surface area contributed by atoms with Crippen LogP contribution in [-0.2, 0) is 21.4 Å². The van der Waals surface area contributed by atoms with Crippen molar-refractivity contribution in [3.63, 3.8) is 0 Å². The minimum Gasteiger partial charge on any atom is -0.337 e. The van der Waals surface area contributed by atoms with Gasteiger partial charge in [-0.3, -0.25) is 4.55 Å². The smallest absolute Gasteiger partial charge is 0.294 e. The van der Waals surface area contributed by atoms with Crippen LogP contribution in [0.4, 0.5) is 0 Å². The van der Waals surface area contributed by atoms with Gasteiger partial charge in [0.2, 0.25) is 0 Å². The van der Waals surface area contributed by atoms with Crippen LogP contribution < -0.4 is 4.89 Å². The summed E-state index contributed by atoms with van der Waals surface area (Å²) >= 11 is 3.19. The fourth-order valence-corrected chi connectivity index (χ4v) is 3.13. The van der Waals surface area contributed by atoms with E-state index in [1.54, 1.807) is 19.1 Å². The molecule has 0 atom stereocenters. The first-order chi connectivity index (χ1) is 10.4. The first-order valence-corrected chi connectivity index (χ1v) is 8.72. The molecule has 0 spiro atoms. The van der Waals surface area contributed by atoms with Crippen LogP contribution in [0.25, 0.3) is 0 Å². The second-order valence-corrected chi connectivity index (χ2v) is 6.95. The average Bonchev–Trinajstić information content (AvgIpc) is 2.46. The van der Waals surface area contributed by atoms with Gasteiger partial charge < -0.3 is 4.89 Å². The van der Waals surface area contributed by atoms with Gasteiger partial charge in [-0.2, -0.15) is 13.3 Å². The molecule has 0 radical (unpaired) electrons. The van der Waals surface area contributed by atoms with Gasteiger partial charge in [-0.1, -0.05) is 34.1 Å². The largest absolute Gasteiger partial charge is 0.337 e. The Morgan fingerprint density at radius 1 is 1.18 bits per heavy atom. The zero-order chi connectivity index (χ0) is 16.2. The molecule has 1 N–H and O–H groups in total. The summed E-state index contributed by atoms with van der Waals surface area (Å²) in [6, 6.07) is 12.5. The van der Waals surface area contributed by atoms with Crippen LogP contribution in [0.3, 0.4) is 0 Å². The van der Waals surface area contributed by atoms with Crippen molar-refractivity contribution in [2.75, 3.05) is 6.61 Å². The average molecular weight is 387 g/mol. The molecule has 0 fully saturated rings. The van der Waals surface area contributed by atoms with Gasteiger partial charge in [0.25, 0.3) is 10.1 Å². The molecule has 5 nitrogen and oxygen atoms in total. The Labute approximate surface area is 137 Å². The molecule has 22 heavy (non-hydrogen) atoms. The van der Waals surface area contributed by atoms with Gasteiger partial charge in [0.15, 0.2) is 5.75 Å². The molecule has 1 aliphatic heterocycles. The second-order valence-electron chi connectivity index (χ2n) is 4.65. The summed E-state index contributed by atoms with van der Waals surface area (Å²) in [7, 11) is -4.07. The summed E-state index contributed by atoms with van der Waals surface area (Å²) in [5, 5.41) is 0. The minimum absolute atomic E-state index is 0.0503. The topological polar surface area (TPSA) is 72.8 Å². The first-order valence-electron chi connectivity index (χ1n) is 6.49. The quantitative estimate of drug-likeness (QED) is 0.599. The highest BCUT2D eigenvalue weighted by Gasteiger charge is 2.12. The Morgan fingerprint density at radius 2 is 1.91 bits per heavy atom. The lowest BCUT2D eigenvalue weighted by Crippen LogP contribution is -2.10. The van der Waals surface area contributed by atoms with E-state index in [1.165, 1.54) is 11.6 Å². The molecule has 3 rings (SSSR count).